The first-order chi connectivity index (χ1) is 18.5. The minimum Gasteiger partial charge on any atom is -0.361 e. The molecule has 1 atom stereocenters. The SMILES string of the molecule is C[C@@H]1CCCN(c2cc(N3CCCCCC3)nc(NC(=S)NCC3(c4cccc(Cl)c4)CCCCC3)n2)C1. The Morgan fingerprint density at radius 3 is 2.34 bits per heavy atom. The van der Waals surface area contributed by atoms with Crippen LogP contribution in [0, 0.1) is 5.92 Å². The fourth-order valence-electron chi connectivity index (χ4n) is 6.51. The normalized spacial score (nSPS) is 22.0. The smallest absolute Gasteiger partial charge is 0.232 e. The fraction of sp³-hybridized carbons (Fsp3) is 0.633. The second-order valence-electron chi connectivity index (χ2n) is 11.7. The Kier molecular flexibility index (Phi) is 9.26. The monoisotopic (exact) mass is 554 g/mol. The number of aromatic nitrogens is 2. The lowest BCUT2D eigenvalue weighted by atomic mass is 9.69. The predicted molar refractivity (Wildman–Crippen MR) is 164 cm³/mol. The maximum absolute atomic E-state index is 6.39. The van der Waals surface area contributed by atoms with Gasteiger partial charge in [-0.15, -0.1) is 0 Å². The largest absolute Gasteiger partial charge is 0.361 e. The van der Waals surface area contributed by atoms with Gasteiger partial charge >= 0.3 is 0 Å². The topological polar surface area (TPSA) is 56.3 Å². The Bertz CT molecular complexity index is 1060. The quantitative estimate of drug-likeness (QED) is 0.375. The maximum atomic E-state index is 6.39. The van der Waals surface area contributed by atoms with Gasteiger partial charge in [0.15, 0.2) is 5.11 Å². The van der Waals surface area contributed by atoms with E-state index in [1.807, 2.05) is 6.07 Å². The second-order valence-corrected chi connectivity index (χ2v) is 12.5. The Labute approximate surface area is 238 Å². The van der Waals surface area contributed by atoms with E-state index in [4.69, 9.17) is 33.8 Å². The molecule has 0 radical (unpaired) electrons. The van der Waals surface area contributed by atoms with Crippen molar-refractivity contribution in [3.05, 3.63) is 40.9 Å². The first-order valence-corrected chi connectivity index (χ1v) is 15.5. The van der Waals surface area contributed by atoms with Gasteiger partial charge in [0.1, 0.15) is 11.6 Å². The van der Waals surface area contributed by atoms with Crippen LogP contribution in [0.4, 0.5) is 17.6 Å². The van der Waals surface area contributed by atoms with Crippen molar-refractivity contribution < 1.29 is 0 Å². The summed E-state index contributed by atoms with van der Waals surface area (Å²) in [6, 6.07) is 10.6. The summed E-state index contributed by atoms with van der Waals surface area (Å²) < 4.78 is 0. The number of hydrogen-bond donors (Lipinski definition) is 2. The lowest BCUT2D eigenvalue weighted by Crippen LogP contribution is -2.43. The molecular weight excluding hydrogens is 512 g/mol. The molecule has 1 saturated carbocycles. The molecule has 3 aliphatic rings. The van der Waals surface area contributed by atoms with Gasteiger partial charge in [0.25, 0.3) is 0 Å². The molecule has 3 fully saturated rings. The van der Waals surface area contributed by atoms with E-state index in [0.29, 0.717) is 17.0 Å². The van der Waals surface area contributed by atoms with Crippen molar-refractivity contribution in [2.24, 2.45) is 5.92 Å². The third-order valence-corrected chi connectivity index (χ3v) is 9.15. The van der Waals surface area contributed by atoms with Crippen LogP contribution in [0.25, 0.3) is 0 Å². The standard InChI is InChI=1S/C30H43ClN6S/c1-23-11-10-18-37(21-23)27-20-26(36-16-7-2-3-8-17-36)33-28(34-27)35-29(38)32-22-30(14-5-4-6-15-30)24-12-9-13-25(31)19-24/h9,12-13,19-20,23H,2-8,10-11,14-18,21-22H2,1H3,(H2,32,33,34,35,38)/t23-/m1/s1. The number of thiocarbonyl (C=S) groups is 1. The van der Waals surface area contributed by atoms with Crippen LogP contribution in [0.1, 0.15) is 83.1 Å². The van der Waals surface area contributed by atoms with Crippen molar-refractivity contribution in [2.45, 2.75) is 83.0 Å². The highest BCUT2D eigenvalue weighted by Gasteiger charge is 2.34. The Balaban J connectivity index is 1.33. The van der Waals surface area contributed by atoms with Gasteiger partial charge in [-0.25, -0.2) is 0 Å². The Morgan fingerprint density at radius 2 is 1.63 bits per heavy atom. The summed E-state index contributed by atoms with van der Waals surface area (Å²) in [7, 11) is 0. The number of nitrogens with zero attached hydrogens (tertiary/aromatic N) is 4. The van der Waals surface area contributed by atoms with Crippen molar-refractivity contribution in [1.29, 1.82) is 0 Å². The second kappa shape index (κ2) is 12.8. The highest BCUT2D eigenvalue weighted by atomic mass is 35.5. The van der Waals surface area contributed by atoms with E-state index in [1.54, 1.807) is 0 Å². The molecule has 2 aromatic rings. The molecule has 0 spiro atoms. The van der Waals surface area contributed by atoms with E-state index < -0.39 is 0 Å². The number of halogens is 1. The van der Waals surface area contributed by atoms with Gasteiger partial charge in [-0.05, 0) is 74.4 Å². The highest BCUT2D eigenvalue weighted by molar-refractivity contribution is 7.80. The van der Waals surface area contributed by atoms with Gasteiger partial charge in [0.2, 0.25) is 5.95 Å². The Hall–Kier alpha value is -2.12. The number of rotatable bonds is 6. The molecular formula is C30H43ClN6S. The van der Waals surface area contributed by atoms with E-state index in [0.717, 1.165) is 62.2 Å². The van der Waals surface area contributed by atoms with Gasteiger partial charge in [0.05, 0.1) is 0 Å². The zero-order valence-corrected chi connectivity index (χ0v) is 24.4. The molecule has 5 rings (SSSR count). The highest BCUT2D eigenvalue weighted by Crippen LogP contribution is 2.40. The van der Waals surface area contributed by atoms with E-state index in [1.165, 1.54) is 63.4 Å². The molecule has 1 aliphatic carbocycles. The van der Waals surface area contributed by atoms with Crippen LogP contribution in [-0.4, -0.2) is 47.8 Å². The molecule has 0 amide bonds. The van der Waals surface area contributed by atoms with Gasteiger partial charge in [-0.2, -0.15) is 9.97 Å². The third kappa shape index (κ3) is 6.90. The molecule has 1 aromatic carbocycles. The molecule has 2 N–H and O–H groups in total. The number of benzene rings is 1. The zero-order valence-electron chi connectivity index (χ0n) is 22.9. The minimum atomic E-state index is 0.0404. The van der Waals surface area contributed by atoms with Crippen LogP contribution in [0.3, 0.4) is 0 Å². The van der Waals surface area contributed by atoms with Crippen LogP contribution < -0.4 is 20.4 Å². The summed E-state index contributed by atoms with van der Waals surface area (Å²) in [5.74, 6) is 3.30. The summed E-state index contributed by atoms with van der Waals surface area (Å²) in [6.07, 6.45) is 13.6. The molecule has 6 nitrogen and oxygen atoms in total. The van der Waals surface area contributed by atoms with Crippen LogP contribution in [-0.2, 0) is 5.41 Å². The summed E-state index contributed by atoms with van der Waals surface area (Å²) in [5, 5.41) is 8.29. The molecule has 2 aliphatic heterocycles. The van der Waals surface area contributed by atoms with Gasteiger partial charge < -0.3 is 20.4 Å². The fourth-order valence-corrected chi connectivity index (χ4v) is 6.86. The van der Waals surface area contributed by atoms with Crippen LogP contribution >= 0.6 is 23.8 Å². The number of nitrogens with one attached hydrogen (secondary N) is 2. The maximum Gasteiger partial charge on any atom is 0.232 e. The van der Waals surface area contributed by atoms with Crippen LogP contribution in [0.2, 0.25) is 5.02 Å². The van der Waals surface area contributed by atoms with Crippen molar-refractivity contribution in [3.63, 3.8) is 0 Å². The third-order valence-electron chi connectivity index (χ3n) is 8.67. The number of anilines is 3. The van der Waals surface area contributed by atoms with Gasteiger partial charge in [0, 0.05) is 49.2 Å². The Morgan fingerprint density at radius 1 is 0.947 bits per heavy atom. The van der Waals surface area contributed by atoms with E-state index in [9.17, 15) is 0 Å². The predicted octanol–water partition coefficient (Wildman–Crippen LogP) is 6.94. The lowest BCUT2D eigenvalue weighted by molar-refractivity contribution is 0.292. The molecule has 3 heterocycles. The zero-order chi connectivity index (χ0) is 26.4. The summed E-state index contributed by atoms with van der Waals surface area (Å²) in [6.45, 7) is 7.31. The van der Waals surface area contributed by atoms with Crippen molar-refractivity contribution in [3.8, 4) is 0 Å². The number of hydrogen-bond acceptors (Lipinski definition) is 5. The van der Waals surface area contributed by atoms with Crippen molar-refractivity contribution in [2.75, 3.05) is 47.8 Å². The molecule has 0 bridgehead atoms. The first kappa shape index (κ1) is 27.4. The van der Waals surface area contributed by atoms with Crippen molar-refractivity contribution >= 4 is 46.5 Å². The lowest BCUT2D eigenvalue weighted by Gasteiger charge is -2.38. The molecule has 38 heavy (non-hydrogen) atoms. The summed E-state index contributed by atoms with van der Waals surface area (Å²) in [4.78, 5) is 14.8. The average molecular weight is 555 g/mol. The average Bonchev–Trinajstić information content (AvgIpc) is 3.22. The van der Waals surface area contributed by atoms with E-state index >= 15 is 0 Å². The molecule has 2 saturated heterocycles. The molecule has 1 aromatic heterocycles. The molecule has 0 unspecified atom stereocenters. The first-order valence-electron chi connectivity index (χ1n) is 14.7. The van der Waals surface area contributed by atoms with Gasteiger partial charge in [-0.3, -0.25) is 0 Å². The number of piperidine rings is 1. The molecule has 206 valence electrons. The van der Waals surface area contributed by atoms with Crippen molar-refractivity contribution in [1.82, 2.24) is 15.3 Å². The van der Waals surface area contributed by atoms with E-state index in [2.05, 4.69) is 51.6 Å². The van der Waals surface area contributed by atoms with Crippen LogP contribution in [0.15, 0.2) is 30.3 Å². The summed E-state index contributed by atoms with van der Waals surface area (Å²) in [5.41, 5.74) is 1.35. The van der Waals surface area contributed by atoms with Gasteiger partial charge in [-0.1, -0.05) is 62.8 Å². The minimum absolute atomic E-state index is 0.0404. The van der Waals surface area contributed by atoms with Crippen LogP contribution in [0.5, 0.6) is 0 Å². The molecule has 8 heteroatoms. The summed E-state index contributed by atoms with van der Waals surface area (Å²) >= 11 is 12.2. The van der Waals surface area contributed by atoms with E-state index in [-0.39, 0.29) is 5.41 Å².